The van der Waals surface area contributed by atoms with E-state index in [9.17, 15) is 14.9 Å². The van der Waals surface area contributed by atoms with Gasteiger partial charge in [0.1, 0.15) is 5.82 Å². The number of non-ortho nitro benzene ring substituents is 1. The lowest BCUT2D eigenvalue weighted by Gasteiger charge is -2.11. The molecular weight excluding hydrogens is 380 g/mol. The van der Waals surface area contributed by atoms with Gasteiger partial charge in [0.2, 0.25) is 0 Å². The van der Waals surface area contributed by atoms with Gasteiger partial charge in [0.15, 0.2) is 0 Å². The second-order valence-electron chi connectivity index (χ2n) is 7.08. The fraction of sp³-hybridized carbons (Fsp3) is 0.130. The molecule has 150 valence electrons. The maximum Gasteiger partial charge on any atom is 0.269 e. The first-order valence-corrected chi connectivity index (χ1v) is 9.53. The van der Waals surface area contributed by atoms with Crippen molar-refractivity contribution in [3.05, 3.63) is 105 Å². The van der Waals surface area contributed by atoms with Crippen molar-refractivity contribution in [2.45, 2.75) is 20.0 Å². The summed E-state index contributed by atoms with van der Waals surface area (Å²) in [6, 6.07) is 21.7. The van der Waals surface area contributed by atoms with Gasteiger partial charge < -0.3 is 9.88 Å². The fourth-order valence-corrected chi connectivity index (χ4v) is 3.31. The molecule has 0 atom stereocenters. The van der Waals surface area contributed by atoms with Gasteiger partial charge in [0.25, 0.3) is 11.6 Å². The highest BCUT2D eigenvalue weighted by Crippen LogP contribution is 2.19. The van der Waals surface area contributed by atoms with Crippen LogP contribution in [0.15, 0.2) is 72.8 Å². The van der Waals surface area contributed by atoms with Crippen molar-refractivity contribution in [1.29, 1.82) is 0 Å². The molecule has 7 heteroatoms. The van der Waals surface area contributed by atoms with Gasteiger partial charge >= 0.3 is 0 Å². The maximum atomic E-state index is 12.5. The predicted molar refractivity (Wildman–Crippen MR) is 114 cm³/mol. The van der Waals surface area contributed by atoms with Crippen LogP contribution in [-0.2, 0) is 13.1 Å². The second-order valence-corrected chi connectivity index (χ2v) is 7.08. The number of aryl methyl sites for hydroxylation is 1. The minimum absolute atomic E-state index is 0.0496. The number of nitro benzene ring substituents is 1. The Hall–Kier alpha value is -4.00. The van der Waals surface area contributed by atoms with E-state index in [2.05, 4.69) is 46.1 Å². The molecule has 0 aliphatic carbocycles. The standard InChI is InChI=1S/C23H20N4O3/c1-16-6-8-17(9-7-16)15-26-21-5-3-2-4-20(21)25-22(26)14-24-23(28)18-10-12-19(13-11-18)27(29)30/h2-13H,14-15H2,1H3,(H,24,28). The van der Waals surface area contributed by atoms with Crippen LogP contribution in [0.1, 0.15) is 27.3 Å². The van der Waals surface area contributed by atoms with Crippen LogP contribution >= 0.6 is 0 Å². The molecule has 3 aromatic carbocycles. The Kier molecular flexibility index (Phi) is 5.26. The summed E-state index contributed by atoms with van der Waals surface area (Å²) >= 11 is 0. The number of nitrogens with one attached hydrogen (secondary N) is 1. The zero-order chi connectivity index (χ0) is 21.1. The molecule has 0 aliphatic rings. The van der Waals surface area contributed by atoms with E-state index in [0.29, 0.717) is 12.1 Å². The molecule has 0 saturated carbocycles. The van der Waals surface area contributed by atoms with E-state index in [1.165, 1.54) is 29.8 Å². The molecule has 4 aromatic rings. The summed E-state index contributed by atoms with van der Waals surface area (Å²) in [4.78, 5) is 27.5. The number of benzene rings is 3. The average molecular weight is 400 g/mol. The highest BCUT2D eigenvalue weighted by atomic mass is 16.6. The van der Waals surface area contributed by atoms with E-state index in [-0.39, 0.29) is 18.1 Å². The van der Waals surface area contributed by atoms with Gasteiger partial charge in [-0.25, -0.2) is 4.98 Å². The number of nitrogens with zero attached hydrogens (tertiary/aromatic N) is 3. The first-order valence-electron chi connectivity index (χ1n) is 9.53. The molecule has 0 radical (unpaired) electrons. The van der Waals surface area contributed by atoms with Gasteiger partial charge in [-0.05, 0) is 36.8 Å². The second kappa shape index (κ2) is 8.16. The third-order valence-corrected chi connectivity index (χ3v) is 4.94. The maximum absolute atomic E-state index is 12.5. The third-order valence-electron chi connectivity index (χ3n) is 4.94. The van der Waals surface area contributed by atoms with Gasteiger partial charge in [-0.3, -0.25) is 14.9 Å². The number of carbonyl (C=O) groups is 1. The van der Waals surface area contributed by atoms with Crippen molar-refractivity contribution in [1.82, 2.24) is 14.9 Å². The van der Waals surface area contributed by atoms with Crippen LogP contribution in [0.2, 0.25) is 0 Å². The fourth-order valence-electron chi connectivity index (χ4n) is 3.31. The van der Waals surface area contributed by atoms with Crippen LogP contribution in [0.5, 0.6) is 0 Å². The average Bonchev–Trinajstić information content (AvgIpc) is 3.11. The zero-order valence-electron chi connectivity index (χ0n) is 16.4. The van der Waals surface area contributed by atoms with E-state index in [1.807, 2.05) is 24.3 Å². The van der Waals surface area contributed by atoms with E-state index in [0.717, 1.165) is 22.4 Å². The first kappa shape index (κ1) is 19.3. The lowest BCUT2D eigenvalue weighted by atomic mass is 10.1. The van der Waals surface area contributed by atoms with Crippen LogP contribution in [0, 0.1) is 17.0 Å². The normalized spacial score (nSPS) is 10.8. The Balaban J connectivity index is 1.56. The van der Waals surface area contributed by atoms with Gasteiger partial charge in [-0.2, -0.15) is 0 Å². The molecule has 0 unspecified atom stereocenters. The minimum atomic E-state index is -0.491. The molecule has 7 nitrogen and oxygen atoms in total. The molecule has 1 amide bonds. The number of nitro groups is 1. The Morgan fingerprint density at radius 1 is 1.03 bits per heavy atom. The molecule has 0 aliphatic heterocycles. The van der Waals surface area contributed by atoms with Crippen molar-refractivity contribution < 1.29 is 9.72 Å². The smallest absolute Gasteiger partial charge is 0.269 e. The van der Waals surface area contributed by atoms with Gasteiger partial charge in [0, 0.05) is 24.2 Å². The summed E-state index contributed by atoms with van der Waals surface area (Å²) in [5.74, 6) is 0.436. The van der Waals surface area contributed by atoms with Crippen LogP contribution < -0.4 is 5.32 Å². The number of hydrogen-bond acceptors (Lipinski definition) is 4. The highest BCUT2D eigenvalue weighted by Gasteiger charge is 2.14. The molecule has 0 fully saturated rings. The summed E-state index contributed by atoms with van der Waals surface area (Å²) in [6.45, 7) is 2.94. The van der Waals surface area contributed by atoms with Crippen LogP contribution in [0.3, 0.4) is 0 Å². The van der Waals surface area contributed by atoms with Crippen molar-refractivity contribution >= 4 is 22.6 Å². The minimum Gasteiger partial charge on any atom is -0.345 e. The molecule has 1 N–H and O–H groups in total. The summed E-state index contributed by atoms with van der Waals surface area (Å²) in [5.41, 5.74) is 4.52. The number of para-hydroxylation sites is 2. The Labute approximate surface area is 173 Å². The summed E-state index contributed by atoms with van der Waals surface area (Å²) in [5, 5.41) is 13.6. The molecule has 1 aromatic heterocycles. The van der Waals surface area contributed by atoms with Gasteiger partial charge in [-0.1, -0.05) is 42.0 Å². The lowest BCUT2D eigenvalue weighted by Crippen LogP contribution is -2.24. The lowest BCUT2D eigenvalue weighted by molar-refractivity contribution is -0.384. The van der Waals surface area contributed by atoms with Crippen molar-refractivity contribution in [3.63, 3.8) is 0 Å². The Bertz CT molecular complexity index is 1210. The Morgan fingerprint density at radius 3 is 2.43 bits per heavy atom. The SMILES string of the molecule is Cc1ccc(Cn2c(CNC(=O)c3ccc([N+](=O)[O-])cc3)nc3ccccc32)cc1. The number of amides is 1. The molecule has 1 heterocycles. The summed E-state index contributed by atoms with van der Waals surface area (Å²) < 4.78 is 2.09. The molecule has 0 bridgehead atoms. The van der Waals surface area contributed by atoms with Crippen molar-refractivity contribution in [2.75, 3.05) is 0 Å². The van der Waals surface area contributed by atoms with Crippen molar-refractivity contribution in [3.8, 4) is 0 Å². The largest absolute Gasteiger partial charge is 0.345 e. The number of fused-ring (bicyclic) bond motifs is 1. The van der Waals surface area contributed by atoms with E-state index >= 15 is 0 Å². The molecule has 0 saturated heterocycles. The number of imidazole rings is 1. The number of aromatic nitrogens is 2. The number of hydrogen-bond donors (Lipinski definition) is 1. The van der Waals surface area contributed by atoms with E-state index < -0.39 is 4.92 Å². The van der Waals surface area contributed by atoms with Gasteiger partial charge in [0.05, 0.1) is 22.5 Å². The first-order chi connectivity index (χ1) is 14.5. The van der Waals surface area contributed by atoms with Crippen molar-refractivity contribution in [2.24, 2.45) is 0 Å². The molecule has 4 rings (SSSR count). The number of rotatable bonds is 6. The molecule has 30 heavy (non-hydrogen) atoms. The third kappa shape index (κ3) is 4.05. The topological polar surface area (TPSA) is 90.1 Å². The zero-order valence-corrected chi connectivity index (χ0v) is 16.4. The highest BCUT2D eigenvalue weighted by molar-refractivity contribution is 5.94. The monoisotopic (exact) mass is 400 g/mol. The van der Waals surface area contributed by atoms with E-state index in [1.54, 1.807) is 0 Å². The molecular formula is C23H20N4O3. The summed E-state index contributed by atoms with van der Waals surface area (Å²) in [6.07, 6.45) is 0. The van der Waals surface area contributed by atoms with Gasteiger partial charge in [-0.15, -0.1) is 0 Å². The Morgan fingerprint density at radius 2 is 1.73 bits per heavy atom. The predicted octanol–water partition coefficient (Wildman–Crippen LogP) is 4.23. The summed E-state index contributed by atoms with van der Waals surface area (Å²) in [7, 11) is 0. The van der Waals surface area contributed by atoms with Crippen LogP contribution in [0.25, 0.3) is 11.0 Å². The quantitative estimate of drug-likeness (QED) is 0.387. The molecule has 0 spiro atoms. The van der Waals surface area contributed by atoms with E-state index in [4.69, 9.17) is 0 Å². The number of carbonyl (C=O) groups excluding carboxylic acids is 1. The van der Waals surface area contributed by atoms with Crippen LogP contribution in [-0.4, -0.2) is 20.4 Å². The van der Waals surface area contributed by atoms with Crippen LogP contribution in [0.4, 0.5) is 5.69 Å².